The smallest absolute Gasteiger partial charge is 0.331 e. The second-order valence-corrected chi connectivity index (χ2v) is 7.92. The number of aliphatic carboxylic acids is 2. The van der Waals surface area contributed by atoms with Gasteiger partial charge >= 0.3 is 17.9 Å². The Bertz CT molecular complexity index is 792. The minimum Gasteiger partial charge on any atom is -0.478 e. The molecule has 0 unspecified atom stereocenters. The lowest BCUT2D eigenvalue weighted by Crippen LogP contribution is -2.63. The highest BCUT2D eigenvalue weighted by molar-refractivity contribution is 5.88. The Morgan fingerprint density at radius 2 is 2.00 bits per heavy atom. The Morgan fingerprint density at radius 1 is 1.30 bits per heavy atom. The van der Waals surface area contributed by atoms with E-state index in [-0.39, 0.29) is 36.3 Å². The van der Waals surface area contributed by atoms with Gasteiger partial charge in [0.05, 0.1) is 5.60 Å². The predicted molar refractivity (Wildman–Crippen MR) is 94.7 cm³/mol. The molecule has 7 heteroatoms. The Hall–Kier alpha value is -2.41. The zero-order valence-corrected chi connectivity index (χ0v) is 15.4. The van der Waals surface area contributed by atoms with E-state index in [4.69, 9.17) is 9.84 Å². The fourth-order valence-corrected chi connectivity index (χ4v) is 4.89. The molecule has 0 aromatic rings. The van der Waals surface area contributed by atoms with Gasteiger partial charge in [0.15, 0.2) is 0 Å². The van der Waals surface area contributed by atoms with E-state index in [0.717, 1.165) is 0 Å². The maximum atomic E-state index is 13.0. The minimum absolute atomic E-state index is 0.140. The highest BCUT2D eigenvalue weighted by Gasteiger charge is 2.71. The van der Waals surface area contributed by atoms with Gasteiger partial charge in [0.25, 0.3) is 0 Å². The number of carbonyl (C=O) groups excluding carboxylic acids is 1. The molecule has 4 atom stereocenters. The number of ether oxygens (including phenoxy) is 1. The van der Waals surface area contributed by atoms with Crippen LogP contribution in [0.2, 0.25) is 0 Å². The Balaban J connectivity index is 1.97. The van der Waals surface area contributed by atoms with E-state index in [1.165, 1.54) is 19.1 Å². The van der Waals surface area contributed by atoms with E-state index in [0.29, 0.717) is 12.8 Å². The first-order valence-corrected chi connectivity index (χ1v) is 9.03. The summed E-state index contributed by atoms with van der Waals surface area (Å²) < 4.78 is 5.74. The summed E-state index contributed by atoms with van der Waals surface area (Å²) in [7, 11) is 0. The Labute approximate surface area is 157 Å². The molecule has 2 aliphatic carbocycles. The first-order chi connectivity index (χ1) is 12.6. The summed E-state index contributed by atoms with van der Waals surface area (Å²) in [5.74, 6) is -2.98. The molecule has 0 aromatic heterocycles. The molecule has 27 heavy (non-hydrogen) atoms. The van der Waals surface area contributed by atoms with Gasteiger partial charge in [0.2, 0.25) is 0 Å². The van der Waals surface area contributed by atoms with Crippen LogP contribution in [-0.4, -0.2) is 44.4 Å². The van der Waals surface area contributed by atoms with Gasteiger partial charge in [-0.2, -0.15) is 0 Å². The van der Waals surface area contributed by atoms with Crippen molar-refractivity contribution in [2.45, 2.75) is 57.2 Å². The van der Waals surface area contributed by atoms with E-state index in [1.54, 1.807) is 19.1 Å². The fraction of sp³-hybridized carbons (Fsp3) is 0.550. The van der Waals surface area contributed by atoms with Crippen molar-refractivity contribution in [3.63, 3.8) is 0 Å². The van der Waals surface area contributed by atoms with Gasteiger partial charge in [-0.05, 0) is 52.0 Å². The minimum atomic E-state index is -1.36. The van der Waals surface area contributed by atoms with Crippen molar-refractivity contribution in [2.75, 3.05) is 0 Å². The zero-order chi connectivity index (χ0) is 20.0. The molecule has 2 bridgehead atoms. The van der Waals surface area contributed by atoms with Gasteiger partial charge in [-0.15, -0.1) is 0 Å². The van der Waals surface area contributed by atoms with Gasteiger partial charge in [0, 0.05) is 17.1 Å². The number of carbonyl (C=O) groups is 3. The lowest BCUT2D eigenvalue weighted by Gasteiger charge is -2.52. The van der Waals surface area contributed by atoms with Crippen molar-refractivity contribution in [1.82, 2.24) is 0 Å². The second kappa shape index (κ2) is 6.34. The van der Waals surface area contributed by atoms with Crippen molar-refractivity contribution in [2.24, 2.45) is 11.3 Å². The number of carboxylic acid groups (broad SMARTS) is 2. The van der Waals surface area contributed by atoms with Crippen LogP contribution in [0.15, 0.2) is 35.5 Å². The van der Waals surface area contributed by atoms with Gasteiger partial charge in [0.1, 0.15) is 11.0 Å². The third-order valence-corrected chi connectivity index (χ3v) is 6.52. The van der Waals surface area contributed by atoms with Crippen LogP contribution in [0.1, 0.15) is 46.0 Å². The van der Waals surface area contributed by atoms with Crippen LogP contribution in [0.5, 0.6) is 0 Å². The molecule has 1 aliphatic heterocycles. The standard InChI is InChI=1S/C20H24O7/c1-12(15(21)22)4-3-8-18(2)14-7-10-19(17(25)27-18)9-5-13(16(23)24)6-11-20(14,19)26/h3-5,8,14,26H,6-7,9-11H2,1-2H3,(H,21,22)(H,23,24)/b8-3+,12-4+/t14-,18-,19-,20+/m1/s1. The highest BCUT2D eigenvalue weighted by Crippen LogP contribution is 2.63. The van der Waals surface area contributed by atoms with Crippen LogP contribution in [0.3, 0.4) is 0 Å². The predicted octanol–water partition coefficient (Wildman–Crippen LogP) is 2.21. The van der Waals surface area contributed by atoms with Crippen molar-refractivity contribution in [1.29, 1.82) is 0 Å². The number of allylic oxidation sites excluding steroid dienone is 3. The molecular weight excluding hydrogens is 352 g/mol. The van der Waals surface area contributed by atoms with E-state index in [1.807, 2.05) is 0 Å². The molecule has 3 N–H and O–H groups in total. The lowest BCUT2D eigenvalue weighted by molar-refractivity contribution is -0.224. The van der Waals surface area contributed by atoms with Gasteiger partial charge in [-0.25, -0.2) is 9.59 Å². The number of hydrogen-bond acceptors (Lipinski definition) is 5. The fourth-order valence-electron chi connectivity index (χ4n) is 4.89. The summed E-state index contributed by atoms with van der Waals surface area (Å²) in [5, 5.41) is 29.8. The second-order valence-electron chi connectivity index (χ2n) is 7.92. The number of hydrogen-bond donors (Lipinski definition) is 3. The molecule has 0 aromatic carbocycles. The molecule has 1 saturated heterocycles. The zero-order valence-electron chi connectivity index (χ0n) is 15.4. The summed E-state index contributed by atoms with van der Waals surface area (Å²) in [6, 6.07) is 0. The van der Waals surface area contributed by atoms with Crippen LogP contribution in [-0.2, 0) is 19.1 Å². The first-order valence-electron chi connectivity index (χ1n) is 9.03. The van der Waals surface area contributed by atoms with Crippen LogP contribution in [0.4, 0.5) is 0 Å². The molecule has 3 rings (SSSR count). The summed E-state index contributed by atoms with van der Waals surface area (Å²) in [4.78, 5) is 35.2. The molecule has 2 fully saturated rings. The van der Waals surface area contributed by atoms with Gasteiger partial charge < -0.3 is 20.1 Å². The number of rotatable bonds is 4. The molecule has 0 spiro atoms. The number of esters is 1. The first kappa shape index (κ1) is 19.4. The third-order valence-electron chi connectivity index (χ3n) is 6.52. The molecule has 146 valence electrons. The average Bonchev–Trinajstić information content (AvgIpc) is 2.70. The Kier molecular flexibility index (Phi) is 4.54. The summed E-state index contributed by atoms with van der Waals surface area (Å²) in [6.07, 6.45) is 7.63. The highest BCUT2D eigenvalue weighted by atomic mass is 16.6. The maximum Gasteiger partial charge on any atom is 0.331 e. The molecule has 1 heterocycles. The van der Waals surface area contributed by atoms with Crippen molar-refractivity contribution in [3.05, 3.63) is 35.5 Å². The lowest BCUT2D eigenvalue weighted by atomic mass is 9.62. The molecule has 0 amide bonds. The number of cyclic esters (lactones) is 1. The van der Waals surface area contributed by atoms with Crippen molar-refractivity contribution < 1.29 is 34.4 Å². The van der Waals surface area contributed by atoms with E-state index in [2.05, 4.69) is 0 Å². The SMILES string of the molecule is C/C(=C\C=C\[C@@]1(C)OC(=O)[C@]23CC=C(C(=O)O)CC[C@]2(O)[C@@H]1CC3)C(=O)O. The molecule has 1 saturated carbocycles. The molecule has 3 aliphatic rings. The van der Waals surface area contributed by atoms with Crippen LogP contribution in [0.25, 0.3) is 0 Å². The summed E-state index contributed by atoms with van der Waals surface area (Å²) in [5.41, 5.74) is -3.21. The van der Waals surface area contributed by atoms with Crippen LogP contribution >= 0.6 is 0 Å². The largest absolute Gasteiger partial charge is 0.478 e. The Morgan fingerprint density at radius 3 is 2.63 bits per heavy atom. The van der Waals surface area contributed by atoms with E-state index >= 15 is 0 Å². The maximum absolute atomic E-state index is 13.0. The monoisotopic (exact) mass is 376 g/mol. The molecule has 0 radical (unpaired) electrons. The van der Waals surface area contributed by atoms with E-state index < -0.39 is 34.5 Å². The summed E-state index contributed by atoms with van der Waals surface area (Å²) >= 11 is 0. The van der Waals surface area contributed by atoms with E-state index in [9.17, 15) is 24.6 Å². The van der Waals surface area contributed by atoms with Crippen molar-refractivity contribution in [3.8, 4) is 0 Å². The molecule has 7 nitrogen and oxygen atoms in total. The van der Waals surface area contributed by atoms with Gasteiger partial charge in [-0.1, -0.05) is 18.2 Å². The molecular formula is C20H24O7. The summed E-state index contributed by atoms with van der Waals surface area (Å²) in [6.45, 7) is 3.17. The topological polar surface area (TPSA) is 121 Å². The van der Waals surface area contributed by atoms with Crippen LogP contribution in [0, 0.1) is 11.3 Å². The third kappa shape index (κ3) is 2.81. The quantitative estimate of drug-likeness (QED) is 0.391. The van der Waals surface area contributed by atoms with Crippen molar-refractivity contribution >= 4 is 17.9 Å². The van der Waals surface area contributed by atoms with Gasteiger partial charge in [-0.3, -0.25) is 4.79 Å². The normalized spacial score (nSPS) is 38.8. The number of aliphatic hydroxyl groups is 1. The number of carboxylic acids is 2. The van der Waals surface area contributed by atoms with Crippen LogP contribution < -0.4 is 0 Å². The average molecular weight is 376 g/mol.